The normalized spacial score (nSPS) is 24.5. The van der Waals surface area contributed by atoms with Gasteiger partial charge in [0.1, 0.15) is 5.60 Å². The summed E-state index contributed by atoms with van der Waals surface area (Å²) >= 11 is 0. The number of carbonyl (C=O) groups is 2. The molecule has 0 saturated carbocycles. The van der Waals surface area contributed by atoms with Crippen LogP contribution in [0.15, 0.2) is 0 Å². The molecule has 0 radical (unpaired) electrons. The average molecular weight is 395 g/mol. The van der Waals surface area contributed by atoms with E-state index in [1.54, 1.807) is 9.80 Å². The van der Waals surface area contributed by atoms with Gasteiger partial charge in [0.15, 0.2) is 0 Å². The van der Waals surface area contributed by atoms with Gasteiger partial charge in [-0.15, -0.1) is 0 Å². The molecule has 0 spiro atoms. The number of hydrogen-bond acceptors (Lipinski definition) is 5. The van der Waals surface area contributed by atoms with Crippen molar-refractivity contribution in [1.82, 2.24) is 9.80 Å². The van der Waals surface area contributed by atoms with Crippen LogP contribution >= 0.6 is 10.7 Å². The molecular formula is C16H27ClN2O5S. The predicted octanol–water partition coefficient (Wildman–Crippen LogP) is 2.19. The molecule has 9 heteroatoms. The van der Waals surface area contributed by atoms with E-state index in [4.69, 9.17) is 15.4 Å². The van der Waals surface area contributed by atoms with Gasteiger partial charge in [-0.2, -0.15) is 0 Å². The third kappa shape index (κ3) is 5.48. The molecule has 1 atom stereocenters. The van der Waals surface area contributed by atoms with Gasteiger partial charge in [-0.05, 0) is 40.5 Å². The molecule has 2 aliphatic heterocycles. The summed E-state index contributed by atoms with van der Waals surface area (Å²) in [6.45, 7) is 8.89. The van der Waals surface area contributed by atoms with E-state index in [2.05, 4.69) is 0 Å². The Labute approximate surface area is 154 Å². The first-order chi connectivity index (χ1) is 11.3. The molecule has 1 unspecified atom stereocenters. The Balaban J connectivity index is 1.96. The Morgan fingerprint density at radius 1 is 1.32 bits per heavy atom. The highest BCUT2D eigenvalue weighted by molar-refractivity contribution is 8.13. The molecule has 2 amide bonds. The third-order valence-electron chi connectivity index (χ3n) is 4.78. The van der Waals surface area contributed by atoms with E-state index in [0.29, 0.717) is 32.5 Å². The summed E-state index contributed by atoms with van der Waals surface area (Å²) in [5.74, 6) is -0.495. The minimum Gasteiger partial charge on any atom is -0.444 e. The Bertz CT molecular complexity index is 635. The quantitative estimate of drug-likeness (QED) is 0.685. The number of ether oxygens (including phenoxy) is 1. The summed E-state index contributed by atoms with van der Waals surface area (Å²) in [5, 5.41) is 0. The zero-order chi connectivity index (χ0) is 19.0. The van der Waals surface area contributed by atoms with Crippen molar-refractivity contribution in [2.45, 2.75) is 58.1 Å². The molecule has 2 saturated heterocycles. The van der Waals surface area contributed by atoms with Crippen molar-refractivity contribution in [1.29, 1.82) is 0 Å². The molecule has 0 aliphatic carbocycles. The number of likely N-dealkylation sites (tertiary alicyclic amines) is 2. The molecule has 7 nitrogen and oxygen atoms in total. The Kier molecular flexibility index (Phi) is 5.64. The summed E-state index contributed by atoms with van der Waals surface area (Å²) < 4.78 is 27.9. The molecule has 25 heavy (non-hydrogen) atoms. The molecule has 0 aromatic carbocycles. The van der Waals surface area contributed by atoms with E-state index in [0.717, 1.165) is 0 Å². The second-order valence-electron chi connectivity index (χ2n) is 8.24. The van der Waals surface area contributed by atoms with Crippen LogP contribution in [0, 0.1) is 5.92 Å². The minimum absolute atomic E-state index is 0.0430. The van der Waals surface area contributed by atoms with Gasteiger partial charge in [-0.25, -0.2) is 13.2 Å². The second-order valence-corrected chi connectivity index (χ2v) is 11.1. The van der Waals surface area contributed by atoms with Gasteiger partial charge < -0.3 is 14.5 Å². The molecule has 0 bridgehead atoms. The van der Waals surface area contributed by atoms with Crippen LogP contribution in [-0.4, -0.2) is 66.7 Å². The number of amides is 2. The highest BCUT2D eigenvalue weighted by Gasteiger charge is 2.44. The summed E-state index contributed by atoms with van der Waals surface area (Å²) in [4.78, 5) is 28.0. The first-order valence-electron chi connectivity index (χ1n) is 8.50. The highest BCUT2D eigenvalue weighted by atomic mass is 35.7. The molecule has 2 rings (SSSR count). The summed E-state index contributed by atoms with van der Waals surface area (Å²) in [7, 11) is 1.70. The number of nitrogens with zero attached hydrogens (tertiary/aromatic N) is 2. The second kappa shape index (κ2) is 6.95. The van der Waals surface area contributed by atoms with Crippen molar-refractivity contribution in [2.24, 2.45) is 5.92 Å². The fourth-order valence-electron chi connectivity index (χ4n) is 3.46. The van der Waals surface area contributed by atoms with Crippen LogP contribution in [0.25, 0.3) is 0 Å². The SMILES string of the molecule is CC(C)(C)OC(=O)N1CCC(C)(N2CC(CS(=O)(=O)Cl)CC2=O)CC1. The lowest BCUT2D eigenvalue weighted by atomic mass is 9.88. The standard InChI is InChI=1S/C16H27ClN2O5S/c1-15(2,3)24-14(21)18-7-5-16(4,6-8-18)19-10-12(9-13(19)20)11-25(17,22)23/h12H,5-11H2,1-4H3. The van der Waals surface area contributed by atoms with Crippen molar-refractivity contribution < 1.29 is 22.7 Å². The van der Waals surface area contributed by atoms with E-state index >= 15 is 0 Å². The smallest absolute Gasteiger partial charge is 0.410 e. The number of halogens is 1. The largest absolute Gasteiger partial charge is 0.444 e. The van der Waals surface area contributed by atoms with E-state index in [9.17, 15) is 18.0 Å². The van der Waals surface area contributed by atoms with Crippen molar-refractivity contribution >= 4 is 31.7 Å². The Morgan fingerprint density at radius 2 is 1.88 bits per heavy atom. The number of hydrogen-bond donors (Lipinski definition) is 0. The van der Waals surface area contributed by atoms with Gasteiger partial charge in [-0.3, -0.25) is 4.79 Å². The van der Waals surface area contributed by atoms with Crippen molar-refractivity contribution in [2.75, 3.05) is 25.4 Å². The van der Waals surface area contributed by atoms with Crippen LogP contribution in [0.3, 0.4) is 0 Å². The van der Waals surface area contributed by atoms with Crippen LogP contribution in [0.2, 0.25) is 0 Å². The third-order valence-corrected chi connectivity index (χ3v) is 6.03. The van der Waals surface area contributed by atoms with Gasteiger partial charge >= 0.3 is 6.09 Å². The molecule has 2 aliphatic rings. The Morgan fingerprint density at radius 3 is 2.36 bits per heavy atom. The Hall–Kier alpha value is -1.02. The van der Waals surface area contributed by atoms with E-state index in [-0.39, 0.29) is 35.6 Å². The number of piperidine rings is 1. The van der Waals surface area contributed by atoms with Crippen molar-refractivity contribution in [3.8, 4) is 0 Å². The van der Waals surface area contributed by atoms with Crippen molar-refractivity contribution in [3.05, 3.63) is 0 Å². The van der Waals surface area contributed by atoms with E-state index in [1.807, 2.05) is 27.7 Å². The number of carbonyl (C=O) groups excluding carboxylic acids is 2. The molecule has 144 valence electrons. The van der Waals surface area contributed by atoms with Gasteiger partial charge in [-0.1, -0.05) is 0 Å². The minimum atomic E-state index is -3.62. The van der Waals surface area contributed by atoms with E-state index < -0.39 is 14.7 Å². The average Bonchev–Trinajstić information content (AvgIpc) is 2.76. The van der Waals surface area contributed by atoms with Gasteiger partial charge in [0.2, 0.25) is 15.0 Å². The molecule has 0 N–H and O–H groups in total. The molecule has 0 aromatic rings. The van der Waals surface area contributed by atoms with Crippen LogP contribution in [-0.2, 0) is 18.6 Å². The first kappa shape index (κ1) is 20.3. The molecule has 2 heterocycles. The van der Waals surface area contributed by atoms with Gasteiger partial charge in [0.25, 0.3) is 0 Å². The first-order valence-corrected chi connectivity index (χ1v) is 11.0. The van der Waals surface area contributed by atoms with Crippen LogP contribution in [0.4, 0.5) is 4.79 Å². The van der Waals surface area contributed by atoms with Gasteiger partial charge in [0, 0.05) is 48.2 Å². The maximum absolute atomic E-state index is 12.4. The highest BCUT2D eigenvalue weighted by Crippen LogP contribution is 2.35. The topological polar surface area (TPSA) is 84.0 Å². The maximum atomic E-state index is 12.4. The molecule has 0 aromatic heterocycles. The summed E-state index contributed by atoms with van der Waals surface area (Å²) in [6.07, 6.45) is 1.14. The van der Waals surface area contributed by atoms with Crippen LogP contribution in [0.1, 0.15) is 47.0 Å². The fraction of sp³-hybridized carbons (Fsp3) is 0.875. The molecular weight excluding hydrogens is 368 g/mol. The zero-order valence-corrected chi connectivity index (χ0v) is 16.8. The lowest BCUT2D eigenvalue weighted by molar-refractivity contribution is -0.134. The van der Waals surface area contributed by atoms with Crippen LogP contribution < -0.4 is 0 Å². The lowest BCUT2D eigenvalue weighted by Crippen LogP contribution is -2.55. The van der Waals surface area contributed by atoms with Gasteiger partial charge in [0.05, 0.1) is 5.75 Å². The van der Waals surface area contributed by atoms with Crippen molar-refractivity contribution in [3.63, 3.8) is 0 Å². The number of rotatable bonds is 3. The fourth-order valence-corrected chi connectivity index (χ4v) is 4.78. The monoisotopic (exact) mass is 394 g/mol. The summed E-state index contributed by atoms with van der Waals surface area (Å²) in [5.41, 5.74) is -0.913. The van der Waals surface area contributed by atoms with Crippen LogP contribution in [0.5, 0.6) is 0 Å². The summed E-state index contributed by atoms with van der Waals surface area (Å²) in [6, 6.07) is 0. The van der Waals surface area contributed by atoms with E-state index in [1.165, 1.54) is 0 Å². The maximum Gasteiger partial charge on any atom is 0.410 e. The lowest BCUT2D eigenvalue weighted by Gasteiger charge is -2.45. The predicted molar refractivity (Wildman–Crippen MR) is 94.9 cm³/mol. The molecule has 2 fully saturated rings. The zero-order valence-electron chi connectivity index (χ0n) is 15.2.